The zero-order chi connectivity index (χ0) is 14.7. The number of carbonyl (C=O) groups excluding carboxylic acids is 1. The van der Waals surface area contributed by atoms with Crippen LogP contribution in [0.15, 0.2) is 33.5 Å². The highest BCUT2D eigenvalue weighted by Crippen LogP contribution is 2.12. The first kappa shape index (κ1) is 15.9. The summed E-state index contributed by atoms with van der Waals surface area (Å²) in [7, 11) is -1.67. The second-order valence-corrected chi connectivity index (χ2v) is 9.94. The Bertz CT molecular complexity index is 632. The fourth-order valence-electron chi connectivity index (χ4n) is 1.27. The molecule has 0 bridgehead atoms. The van der Waals surface area contributed by atoms with E-state index in [4.69, 9.17) is 4.74 Å². The van der Waals surface area contributed by atoms with Crippen molar-refractivity contribution >= 4 is 24.7 Å². The summed E-state index contributed by atoms with van der Waals surface area (Å²) in [6.07, 6.45) is 0.861. The highest BCUT2D eigenvalue weighted by atomic mass is 32.9. The van der Waals surface area contributed by atoms with Gasteiger partial charge >= 0.3 is 6.09 Å². The molecule has 0 aliphatic carbocycles. The molecule has 0 spiro atoms. The predicted molar refractivity (Wildman–Crippen MR) is 79.5 cm³/mol. The van der Waals surface area contributed by atoms with Crippen molar-refractivity contribution < 1.29 is 13.7 Å². The summed E-state index contributed by atoms with van der Waals surface area (Å²) in [4.78, 5) is 12.1. The second kappa shape index (κ2) is 5.88. The molecular weight excluding hydrogens is 282 g/mol. The molecular formula is C13H19NO3S2. The number of benzene rings is 1. The summed E-state index contributed by atoms with van der Waals surface area (Å²) in [5.74, 6) is 0. The molecule has 4 nitrogen and oxygen atoms in total. The third-order valence-corrected chi connectivity index (χ3v) is 5.34. The molecule has 0 N–H and O–H groups in total. The third kappa shape index (κ3) is 5.57. The van der Waals surface area contributed by atoms with Gasteiger partial charge in [0.1, 0.15) is 5.60 Å². The molecule has 1 unspecified atom stereocenters. The molecule has 19 heavy (non-hydrogen) atoms. The first-order valence-electron chi connectivity index (χ1n) is 5.79. The maximum absolute atomic E-state index is 12.5. The molecule has 0 aromatic heterocycles. The van der Waals surface area contributed by atoms with Crippen LogP contribution in [-0.2, 0) is 23.3 Å². The zero-order valence-corrected chi connectivity index (χ0v) is 13.4. The zero-order valence-electron chi connectivity index (χ0n) is 11.8. The lowest BCUT2D eigenvalue weighted by molar-refractivity contribution is 0.0609. The van der Waals surface area contributed by atoms with Crippen molar-refractivity contribution in [2.75, 3.05) is 6.26 Å². The summed E-state index contributed by atoms with van der Waals surface area (Å²) in [5.41, 5.74) is 0.420. The Labute approximate surface area is 117 Å². The van der Waals surface area contributed by atoms with Gasteiger partial charge in [-0.1, -0.05) is 12.1 Å². The lowest BCUT2D eigenvalue weighted by Gasteiger charge is -2.16. The van der Waals surface area contributed by atoms with Crippen LogP contribution >= 0.6 is 0 Å². The number of carbonyl (C=O) groups is 1. The molecule has 0 radical (unpaired) electrons. The van der Waals surface area contributed by atoms with Gasteiger partial charge in [0.25, 0.3) is 0 Å². The van der Waals surface area contributed by atoms with Crippen molar-refractivity contribution in [2.45, 2.75) is 38.2 Å². The van der Waals surface area contributed by atoms with Gasteiger partial charge in [-0.3, -0.25) is 4.21 Å². The van der Waals surface area contributed by atoms with Crippen LogP contribution in [0, 0.1) is 6.92 Å². The summed E-state index contributed by atoms with van der Waals surface area (Å²) >= 11 is 0. The molecule has 106 valence electrons. The summed E-state index contributed by atoms with van der Waals surface area (Å²) in [6.45, 7) is 7.20. The highest BCUT2D eigenvalue weighted by Gasteiger charge is 2.15. The molecule has 0 aliphatic heterocycles. The molecule has 1 aromatic rings. The minimum Gasteiger partial charge on any atom is -0.442 e. The van der Waals surface area contributed by atoms with Gasteiger partial charge in [-0.25, -0.2) is 4.79 Å². The average Bonchev–Trinajstić information content (AvgIpc) is 2.24. The SMILES string of the molecule is Cc1cccc(S(C)(=O)=S=NC(=O)OC(C)(C)C)c1. The highest BCUT2D eigenvalue weighted by molar-refractivity contribution is 8.35. The number of aryl methyl sites for hydroxylation is 1. The van der Waals surface area contributed by atoms with Gasteiger partial charge in [-0.2, -0.15) is 0 Å². The van der Waals surface area contributed by atoms with E-state index in [1.54, 1.807) is 33.1 Å². The van der Waals surface area contributed by atoms with E-state index < -0.39 is 20.2 Å². The van der Waals surface area contributed by atoms with Crippen molar-refractivity contribution in [3.8, 4) is 0 Å². The monoisotopic (exact) mass is 301 g/mol. The lowest BCUT2D eigenvalue weighted by Crippen LogP contribution is -2.21. The fourth-order valence-corrected chi connectivity index (χ4v) is 3.50. The van der Waals surface area contributed by atoms with Gasteiger partial charge in [0.2, 0.25) is 0 Å². The Hall–Kier alpha value is -1.14. The van der Waals surface area contributed by atoms with E-state index in [2.05, 4.69) is 4.36 Å². The Balaban J connectivity index is 3.09. The van der Waals surface area contributed by atoms with E-state index in [0.717, 1.165) is 15.7 Å². The van der Waals surface area contributed by atoms with Crippen LogP contribution in [-0.4, -0.2) is 22.2 Å². The minimum atomic E-state index is -2.43. The quantitative estimate of drug-likeness (QED) is 0.799. The van der Waals surface area contributed by atoms with Crippen LogP contribution < -0.4 is 0 Å². The van der Waals surface area contributed by atoms with E-state index in [1.165, 1.54) is 0 Å². The van der Waals surface area contributed by atoms with Crippen LogP contribution in [0.4, 0.5) is 4.79 Å². The Morgan fingerprint density at radius 3 is 2.53 bits per heavy atom. The van der Waals surface area contributed by atoms with Gasteiger partial charge in [0, 0.05) is 21.3 Å². The average molecular weight is 301 g/mol. The molecule has 1 aromatic carbocycles. The predicted octanol–water partition coefficient (Wildman–Crippen LogP) is 3.38. The topological polar surface area (TPSA) is 55.7 Å². The maximum atomic E-state index is 12.5. The van der Waals surface area contributed by atoms with Crippen molar-refractivity contribution in [1.29, 1.82) is 0 Å². The van der Waals surface area contributed by atoms with Crippen LogP contribution in [0.1, 0.15) is 26.3 Å². The van der Waals surface area contributed by atoms with Gasteiger partial charge in [0.05, 0.1) is 8.49 Å². The third-order valence-electron chi connectivity index (χ3n) is 2.07. The van der Waals surface area contributed by atoms with Crippen LogP contribution in [0.3, 0.4) is 0 Å². The van der Waals surface area contributed by atoms with Crippen LogP contribution in [0.25, 0.3) is 0 Å². The van der Waals surface area contributed by atoms with Crippen molar-refractivity contribution in [1.82, 2.24) is 0 Å². The summed E-state index contributed by atoms with van der Waals surface area (Å²) < 4.78 is 21.2. The molecule has 0 aliphatic rings. The van der Waals surface area contributed by atoms with Gasteiger partial charge < -0.3 is 4.74 Å². The summed E-state index contributed by atoms with van der Waals surface area (Å²) in [5, 5.41) is 0. The van der Waals surface area contributed by atoms with E-state index in [9.17, 15) is 9.00 Å². The van der Waals surface area contributed by atoms with E-state index in [1.807, 2.05) is 25.1 Å². The fraction of sp³-hybridized carbons (Fsp3) is 0.462. The Kier molecular flexibility index (Phi) is 4.92. The largest absolute Gasteiger partial charge is 0.445 e. The second-order valence-electron chi connectivity index (χ2n) is 5.23. The molecule has 1 amide bonds. The molecule has 0 saturated heterocycles. The number of nitrogens with zero attached hydrogens (tertiary/aromatic N) is 1. The van der Waals surface area contributed by atoms with Crippen LogP contribution in [0.5, 0.6) is 0 Å². The normalized spacial score (nSPS) is 14.4. The first-order chi connectivity index (χ1) is 8.60. The standard InChI is InChI=1S/C13H19NO3S2/c1-10-7-6-8-11(9-10)19(5,16)18-14-12(15)17-13(2,3)4/h6-9H,1-5H3. The minimum absolute atomic E-state index is 0.598. The van der Waals surface area contributed by atoms with E-state index in [-0.39, 0.29) is 0 Å². The summed E-state index contributed by atoms with van der Waals surface area (Å²) in [6, 6.07) is 7.36. The smallest absolute Gasteiger partial charge is 0.442 e. The van der Waals surface area contributed by atoms with Gasteiger partial charge in [-0.15, -0.1) is 4.36 Å². The number of hydrogen-bond donors (Lipinski definition) is 0. The van der Waals surface area contributed by atoms with Gasteiger partial charge in [0.15, 0.2) is 0 Å². The molecule has 0 saturated carbocycles. The molecule has 1 atom stereocenters. The van der Waals surface area contributed by atoms with Crippen molar-refractivity contribution in [3.63, 3.8) is 0 Å². The van der Waals surface area contributed by atoms with E-state index >= 15 is 0 Å². The number of amides is 1. The first-order valence-corrected chi connectivity index (χ1v) is 9.04. The van der Waals surface area contributed by atoms with E-state index in [0.29, 0.717) is 4.90 Å². The number of hydrogen-bond acceptors (Lipinski definition) is 3. The van der Waals surface area contributed by atoms with Crippen LogP contribution in [0.2, 0.25) is 0 Å². The Morgan fingerprint density at radius 1 is 1.37 bits per heavy atom. The lowest BCUT2D eigenvalue weighted by atomic mass is 10.2. The Morgan fingerprint density at radius 2 is 2.00 bits per heavy atom. The molecule has 6 heteroatoms. The number of rotatable bonds is 1. The molecule has 0 heterocycles. The van der Waals surface area contributed by atoms with Gasteiger partial charge in [-0.05, 0) is 45.4 Å². The molecule has 1 rings (SSSR count). The van der Waals surface area contributed by atoms with Crippen molar-refractivity contribution in [3.05, 3.63) is 29.8 Å². The number of ether oxygens (including phenoxy) is 1. The molecule has 0 fully saturated rings. The maximum Gasteiger partial charge on any atom is 0.445 e. The van der Waals surface area contributed by atoms with Crippen molar-refractivity contribution in [2.24, 2.45) is 4.36 Å².